The summed E-state index contributed by atoms with van der Waals surface area (Å²) in [6.45, 7) is 7.15. The number of benzene rings is 1. The first-order chi connectivity index (χ1) is 10.00. The maximum absolute atomic E-state index is 6.57. The fourth-order valence-corrected chi connectivity index (χ4v) is 2.56. The molecule has 0 fully saturated rings. The molecule has 2 rings (SSSR count). The zero-order valence-electron chi connectivity index (χ0n) is 13.4. The number of rotatable bonds is 6. The van der Waals surface area contributed by atoms with E-state index in [-0.39, 0.29) is 0 Å². The third-order valence-electron chi connectivity index (χ3n) is 3.85. The van der Waals surface area contributed by atoms with Gasteiger partial charge in [0.05, 0.1) is 12.8 Å². The van der Waals surface area contributed by atoms with Crippen LogP contribution in [0.1, 0.15) is 37.7 Å². The Labute approximate surface area is 126 Å². The lowest BCUT2D eigenvalue weighted by Crippen LogP contribution is -2.36. The van der Waals surface area contributed by atoms with Crippen LogP contribution in [-0.4, -0.2) is 16.9 Å². The molecular formula is C17H25N3O. The number of aromatic nitrogens is 2. The predicted molar refractivity (Wildman–Crippen MR) is 85.5 cm³/mol. The monoisotopic (exact) mass is 287 g/mol. The summed E-state index contributed by atoms with van der Waals surface area (Å²) in [4.78, 5) is 0. The highest BCUT2D eigenvalue weighted by molar-refractivity contribution is 5.34. The molecule has 0 aliphatic carbocycles. The summed E-state index contributed by atoms with van der Waals surface area (Å²) in [6, 6.07) is 10.1. The van der Waals surface area contributed by atoms with E-state index in [2.05, 4.69) is 38.0 Å². The zero-order chi connectivity index (χ0) is 15.5. The van der Waals surface area contributed by atoms with Crippen LogP contribution in [0, 0.1) is 0 Å². The summed E-state index contributed by atoms with van der Waals surface area (Å²) in [5, 5.41) is 4.60. The molecule has 4 nitrogen and oxygen atoms in total. The molecule has 2 N–H and O–H groups in total. The van der Waals surface area contributed by atoms with E-state index in [0.29, 0.717) is 0 Å². The lowest BCUT2D eigenvalue weighted by molar-refractivity contribution is 0.409. The number of aryl methyl sites for hydroxylation is 2. The minimum Gasteiger partial charge on any atom is -0.497 e. The van der Waals surface area contributed by atoms with Crippen molar-refractivity contribution in [1.29, 1.82) is 0 Å². The molecule has 1 atom stereocenters. The van der Waals surface area contributed by atoms with E-state index in [4.69, 9.17) is 10.5 Å². The summed E-state index contributed by atoms with van der Waals surface area (Å²) in [7, 11) is 1.67. The van der Waals surface area contributed by atoms with Crippen LogP contribution in [0.5, 0.6) is 5.75 Å². The molecule has 4 heteroatoms. The minimum absolute atomic E-state index is 0.452. The third-order valence-corrected chi connectivity index (χ3v) is 3.85. The van der Waals surface area contributed by atoms with Gasteiger partial charge in [0.2, 0.25) is 0 Å². The SMILES string of the molecule is CCc1cc(CC(C)(N)c2cccc(OC)c2)n(CC)n1. The van der Waals surface area contributed by atoms with Crippen molar-refractivity contribution in [2.75, 3.05) is 7.11 Å². The molecule has 0 saturated heterocycles. The van der Waals surface area contributed by atoms with Crippen molar-refractivity contribution in [2.45, 2.75) is 45.7 Å². The van der Waals surface area contributed by atoms with E-state index in [0.717, 1.165) is 36.4 Å². The molecule has 0 aliphatic heterocycles. The van der Waals surface area contributed by atoms with Crippen LogP contribution in [0.3, 0.4) is 0 Å². The van der Waals surface area contributed by atoms with E-state index in [1.54, 1.807) is 7.11 Å². The van der Waals surface area contributed by atoms with Crippen LogP contribution in [0.2, 0.25) is 0 Å². The number of nitrogens with zero attached hydrogens (tertiary/aromatic N) is 2. The second-order valence-electron chi connectivity index (χ2n) is 5.62. The molecule has 0 bridgehead atoms. The van der Waals surface area contributed by atoms with Gasteiger partial charge in [-0.15, -0.1) is 0 Å². The molecule has 2 aromatic rings. The second-order valence-corrected chi connectivity index (χ2v) is 5.62. The van der Waals surface area contributed by atoms with Crippen molar-refractivity contribution in [1.82, 2.24) is 9.78 Å². The van der Waals surface area contributed by atoms with Gasteiger partial charge in [-0.05, 0) is 44.0 Å². The van der Waals surface area contributed by atoms with Crippen LogP contribution < -0.4 is 10.5 Å². The van der Waals surface area contributed by atoms with E-state index in [1.165, 1.54) is 5.69 Å². The summed E-state index contributed by atoms with van der Waals surface area (Å²) < 4.78 is 7.34. The Balaban J connectivity index is 2.29. The molecule has 0 radical (unpaired) electrons. The van der Waals surface area contributed by atoms with Crippen LogP contribution in [0.15, 0.2) is 30.3 Å². The number of nitrogens with two attached hydrogens (primary N) is 1. The van der Waals surface area contributed by atoms with Crippen molar-refractivity contribution in [3.63, 3.8) is 0 Å². The van der Waals surface area contributed by atoms with Crippen LogP contribution >= 0.6 is 0 Å². The average Bonchev–Trinajstić information content (AvgIpc) is 2.88. The Morgan fingerprint density at radius 2 is 2.05 bits per heavy atom. The predicted octanol–water partition coefficient (Wildman–Crippen LogP) is 2.89. The van der Waals surface area contributed by atoms with Crippen LogP contribution in [0.4, 0.5) is 0 Å². The number of hydrogen-bond donors (Lipinski definition) is 1. The fourth-order valence-electron chi connectivity index (χ4n) is 2.56. The summed E-state index contributed by atoms with van der Waals surface area (Å²) in [5.41, 5.74) is 9.49. The first kappa shape index (κ1) is 15.6. The van der Waals surface area contributed by atoms with E-state index in [9.17, 15) is 0 Å². The Bertz CT molecular complexity index is 602. The maximum atomic E-state index is 6.57. The molecule has 1 aromatic heterocycles. The van der Waals surface area contributed by atoms with Crippen molar-refractivity contribution in [3.05, 3.63) is 47.3 Å². The molecular weight excluding hydrogens is 262 g/mol. The third kappa shape index (κ3) is 3.45. The Morgan fingerprint density at radius 3 is 2.67 bits per heavy atom. The summed E-state index contributed by atoms with van der Waals surface area (Å²) in [5.74, 6) is 0.836. The highest BCUT2D eigenvalue weighted by Crippen LogP contribution is 2.26. The van der Waals surface area contributed by atoms with Gasteiger partial charge in [-0.25, -0.2) is 0 Å². The lowest BCUT2D eigenvalue weighted by Gasteiger charge is -2.26. The lowest BCUT2D eigenvalue weighted by atomic mass is 9.88. The number of ether oxygens (including phenoxy) is 1. The topological polar surface area (TPSA) is 53.1 Å². The molecule has 1 aromatic carbocycles. The Hall–Kier alpha value is -1.81. The first-order valence-electron chi connectivity index (χ1n) is 7.49. The summed E-state index contributed by atoms with van der Waals surface area (Å²) >= 11 is 0. The normalized spacial score (nSPS) is 14.0. The van der Waals surface area contributed by atoms with E-state index in [1.807, 2.05) is 22.9 Å². The maximum Gasteiger partial charge on any atom is 0.119 e. The molecule has 1 heterocycles. The summed E-state index contributed by atoms with van der Waals surface area (Å²) in [6.07, 6.45) is 1.70. The largest absolute Gasteiger partial charge is 0.497 e. The van der Waals surface area contributed by atoms with Crippen LogP contribution in [-0.2, 0) is 24.9 Å². The smallest absolute Gasteiger partial charge is 0.119 e. The van der Waals surface area contributed by atoms with Gasteiger partial charge in [0.15, 0.2) is 0 Å². The average molecular weight is 287 g/mol. The van der Waals surface area contributed by atoms with Crippen molar-refractivity contribution in [3.8, 4) is 5.75 Å². The molecule has 0 amide bonds. The fraction of sp³-hybridized carbons (Fsp3) is 0.471. The van der Waals surface area contributed by atoms with Gasteiger partial charge in [-0.3, -0.25) is 4.68 Å². The Morgan fingerprint density at radius 1 is 1.29 bits per heavy atom. The van der Waals surface area contributed by atoms with Gasteiger partial charge >= 0.3 is 0 Å². The molecule has 0 saturated carbocycles. The minimum atomic E-state index is -0.452. The van der Waals surface area contributed by atoms with Gasteiger partial charge < -0.3 is 10.5 Å². The highest BCUT2D eigenvalue weighted by atomic mass is 16.5. The molecule has 1 unspecified atom stereocenters. The van der Waals surface area contributed by atoms with Crippen molar-refractivity contribution >= 4 is 0 Å². The van der Waals surface area contributed by atoms with E-state index >= 15 is 0 Å². The zero-order valence-corrected chi connectivity index (χ0v) is 13.4. The molecule has 21 heavy (non-hydrogen) atoms. The van der Waals surface area contributed by atoms with Gasteiger partial charge in [0, 0.05) is 24.2 Å². The van der Waals surface area contributed by atoms with Crippen LogP contribution in [0.25, 0.3) is 0 Å². The molecule has 114 valence electrons. The first-order valence-corrected chi connectivity index (χ1v) is 7.49. The highest BCUT2D eigenvalue weighted by Gasteiger charge is 2.24. The van der Waals surface area contributed by atoms with Gasteiger partial charge in [-0.2, -0.15) is 5.10 Å². The van der Waals surface area contributed by atoms with Gasteiger partial charge in [-0.1, -0.05) is 19.1 Å². The number of methoxy groups -OCH3 is 1. The number of hydrogen-bond acceptors (Lipinski definition) is 3. The Kier molecular flexibility index (Phi) is 4.68. The van der Waals surface area contributed by atoms with E-state index < -0.39 is 5.54 Å². The van der Waals surface area contributed by atoms with Gasteiger partial charge in [0.25, 0.3) is 0 Å². The standard InChI is InChI=1S/C17H25N3O/c1-5-14-11-15(20(6-2)19-14)12-17(3,18)13-8-7-9-16(10-13)21-4/h7-11H,5-6,12,18H2,1-4H3. The van der Waals surface area contributed by atoms with Crippen molar-refractivity contribution in [2.24, 2.45) is 5.73 Å². The van der Waals surface area contributed by atoms with Crippen molar-refractivity contribution < 1.29 is 4.74 Å². The second kappa shape index (κ2) is 6.31. The molecule has 0 aliphatic rings. The quantitative estimate of drug-likeness (QED) is 0.889. The van der Waals surface area contributed by atoms with Gasteiger partial charge in [0.1, 0.15) is 5.75 Å². The molecule has 0 spiro atoms.